The first-order valence-electron chi connectivity index (χ1n) is 6.87. The molecule has 1 fully saturated rings. The van der Waals surface area contributed by atoms with Gasteiger partial charge in [-0.15, -0.1) is 0 Å². The van der Waals surface area contributed by atoms with Gasteiger partial charge in [0.2, 0.25) is 5.91 Å². The maximum atomic E-state index is 11.9. The third kappa shape index (κ3) is 3.96. The van der Waals surface area contributed by atoms with Crippen LogP contribution in [-0.2, 0) is 4.79 Å². The number of hydrogen-bond donors (Lipinski definition) is 2. The van der Waals surface area contributed by atoms with Crippen molar-refractivity contribution in [3.05, 3.63) is 23.8 Å². The van der Waals surface area contributed by atoms with Crippen molar-refractivity contribution in [2.75, 3.05) is 19.0 Å². The summed E-state index contributed by atoms with van der Waals surface area (Å²) in [6.45, 7) is 3.08. The average Bonchev–Trinajstić information content (AvgIpc) is 2.91. The molecule has 1 atom stereocenters. The van der Waals surface area contributed by atoms with Crippen molar-refractivity contribution in [2.24, 2.45) is 0 Å². The molecule has 2 rings (SSSR count). The van der Waals surface area contributed by atoms with Gasteiger partial charge in [-0.2, -0.15) is 0 Å². The zero-order valence-corrected chi connectivity index (χ0v) is 11.7. The fourth-order valence-corrected chi connectivity index (χ4v) is 2.42. The van der Waals surface area contributed by atoms with Gasteiger partial charge >= 0.3 is 0 Å². The summed E-state index contributed by atoms with van der Waals surface area (Å²) in [6, 6.07) is 6.29. The largest absolute Gasteiger partial charge is 0.495 e. The van der Waals surface area contributed by atoms with E-state index in [0.717, 1.165) is 24.2 Å². The molecule has 1 aromatic rings. The molecule has 19 heavy (non-hydrogen) atoms. The molecule has 0 saturated carbocycles. The van der Waals surface area contributed by atoms with Gasteiger partial charge in [0, 0.05) is 12.5 Å². The lowest BCUT2D eigenvalue weighted by Crippen LogP contribution is -2.23. The van der Waals surface area contributed by atoms with Crippen LogP contribution in [0.25, 0.3) is 0 Å². The third-order valence-electron chi connectivity index (χ3n) is 3.51. The van der Waals surface area contributed by atoms with Crippen LogP contribution >= 0.6 is 0 Å². The van der Waals surface area contributed by atoms with E-state index in [1.807, 2.05) is 25.1 Å². The molecule has 0 aromatic heterocycles. The Hall–Kier alpha value is -1.55. The van der Waals surface area contributed by atoms with Crippen LogP contribution in [0.4, 0.5) is 5.69 Å². The predicted molar refractivity (Wildman–Crippen MR) is 76.6 cm³/mol. The summed E-state index contributed by atoms with van der Waals surface area (Å²) >= 11 is 0. The minimum absolute atomic E-state index is 0.0517. The average molecular weight is 262 g/mol. The van der Waals surface area contributed by atoms with E-state index in [1.54, 1.807) is 7.11 Å². The molecular formula is C15H22N2O2. The number of anilines is 1. The second-order valence-electron chi connectivity index (χ2n) is 5.08. The quantitative estimate of drug-likeness (QED) is 0.857. The number of carbonyl (C=O) groups excluding carboxylic acids is 1. The van der Waals surface area contributed by atoms with Gasteiger partial charge in [0.1, 0.15) is 5.75 Å². The second-order valence-corrected chi connectivity index (χ2v) is 5.08. The molecule has 0 spiro atoms. The first-order chi connectivity index (χ1) is 9.19. The first-order valence-corrected chi connectivity index (χ1v) is 6.87. The number of amides is 1. The predicted octanol–water partition coefficient (Wildman–Crippen LogP) is 2.47. The van der Waals surface area contributed by atoms with Crippen molar-refractivity contribution < 1.29 is 9.53 Å². The van der Waals surface area contributed by atoms with Crippen molar-refractivity contribution in [3.8, 4) is 5.75 Å². The molecule has 1 aliphatic rings. The fraction of sp³-hybridized carbons (Fsp3) is 0.533. The molecule has 0 bridgehead atoms. The monoisotopic (exact) mass is 262 g/mol. The maximum Gasteiger partial charge on any atom is 0.224 e. The van der Waals surface area contributed by atoms with E-state index in [9.17, 15) is 4.79 Å². The van der Waals surface area contributed by atoms with Crippen LogP contribution in [0, 0.1) is 6.92 Å². The molecule has 1 aromatic carbocycles. The van der Waals surface area contributed by atoms with E-state index >= 15 is 0 Å². The number of rotatable bonds is 5. The number of ether oxygens (including phenoxy) is 1. The Bertz CT molecular complexity index is 440. The van der Waals surface area contributed by atoms with Gasteiger partial charge < -0.3 is 15.4 Å². The Morgan fingerprint density at radius 2 is 2.37 bits per heavy atom. The molecule has 1 heterocycles. The Balaban J connectivity index is 1.87. The zero-order chi connectivity index (χ0) is 13.7. The zero-order valence-electron chi connectivity index (χ0n) is 11.7. The van der Waals surface area contributed by atoms with E-state index in [1.165, 1.54) is 12.8 Å². The Morgan fingerprint density at radius 1 is 1.53 bits per heavy atom. The van der Waals surface area contributed by atoms with Crippen LogP contribution in [-0.4, -0.2) is 25.6 Å². The van der Waals surface area contributed by atoms with Crippen LogP contribution in [0.3, 0.4) is 0 Å². The van der Waals surface area contributed by atoms with Crippen LogP contribution < -0.4 is 15.4 Å². The van der Waals surface area contributed by atoms with Crippen molar-refractivity contribution in [2.45, 2.75) is 38.6 Å². The summed E-state index contributed by atoms with van der Waals surface area (Å²) in [4.78, 5) is 11.9. The van der Waals surface area contributed by atoms with Crippen LogP contribution in [0.15, 0.2) is 18.2 Å². The number of aryl methyl sites for hydroxylation is 1. The van der Waals surface area contributed by atoms with Gasteiger partial charge in [0.05, 0.1) is 12.8 Å². The molecule has 0 aliphatic carbocycles. The number of nitrogens with one attached hydrogen (secondary N) is 2. The molecule has 104 valence electrons. The fourth-order valence-electron chi connectivity index (χ4n) is 2.42. The van der Waals surface area contributed by atoms with Crippen molar-refractivity contribution in [1.29, 1.82) is 0 Å². The highest BCUT2D eigenvalue weighted by Crippen LogP contribution is 2.25. The molecular weight excluding hydrogens is 240 g/mol. The lowest BCUT2D eigenvalue weighted by Gasteiger charge is -2.12. The lowest BCUT2D eigenvalue weighted by atomic mass is 10.1. The summed E-state index contributed by atoms with van der Waals surface area (Å²) in [5.41, 5.74) is 1.86. The van der Waals surface area contributed by atoms with E-state index in [2.05, 4.69) is 10.6 Å². The second kappa shape index (κ2) is 6.57. The minimum Gasteiger partial charge on any atom is -0.495 e. The maximum absolute atomic E-state index is 11.9. The smallest absolute Gasteiger partial charge is 0.224 e. The molecule has 4 heteroatoms. The standard InChI is InChI=1S/C15H22N2O2/c1-11-5-7-13(14(10-11)19-2)17-15(18)8-6-12-4-3-9-16-12/h5,7,10,12,16H,3-4,6,8-9H2,1-2H3,(H,17,18). The minimum atomic E-state index is 0.0517. The van der Waals surface area contributed by atoms with E-state index in [-0.39, 0.29) is 5.91 Å². The van der Waals surface area contributed by atoms with Crippen LogP contribution in [0.5, 0.6) is 5.75 Å². The van der Waals surface area contributed by atoms with Crippen LogP contribution in [0.2, 0.25) is 0 Å². The molecule has 2 N–H and O–H groups in total. The summed E-state index contributed by atoms with van der Waals surface area (Å²) < 4.78 is 5.28. The highest BCUT2D eigenvalue weighted by molar-refractivity contribution is 5.92. The molecule has 4 nitrogen and oxygen atoms in total. The van der Waals surface area contributed by atoms with E-state index in [0.29, 0.717) is 18.2 Å². The van der Waals surface area contributed by atoms with Gasteiger partial charge in [-0.25, -0.2) is 0 Å². The summed E-state index contributed by atoms with van der Waals surface area (Å²) in [7, 11) is 1.62. The highest BCUT2D eigenvalue weighted by atomic mass is 16.5. The van der Waals surface area contributed by atoms with Gasteiger partial charge in [0.15, 0.2) is 0 Å². The normalized spacial score (nSPS) is 18.3. The lowest BCUT2D eigenvalue weighted by molar-refractivity contribution is -0.116. The van der Waals surface area contributed by atoms with Gasteiger partial charge in [-0.05, 0) is 50.4 Å². The molecule has 0 radical (unpaired) electrons. The first kappa shape index (κ1) is 13.9. The van der Waals surface area contributed by atoms with Crippen molar-refractivity contribution in [1.82, 2.24) is 5.32 Å². The third-order valence-corrected chi connectivity index (χ3v) is 3.51. The highest BCUT2D eigenvalue weighted by Gasteiger charge is 2.15. The van der Waals surface area contributed by atoms with Crippen molar-refractivity contribution in [3.63, 3.8) is 0 Å². The Labute approximate surface area is 114 Å². The number of carbonyl (C=O) groups is 1. The summed E-state index contributed by atoms with van der Waals surface area (Å²) in [6.07, 6.45) is 3.86. The SMILES string of the molecule is COc1cc(C)ccc1NC(=O)CCC1CCCN1. The molecule has 1 saturated heterocycles. The number of methoxy groups -OCH3 is 1. The summed E-state index contributed by atoms with van der Waals surface area (Å²) in [5.74, 6) is 0.767. The molecule has 1 aliphatic heterocycles. The number of benzene rings is 1. The Morgan fingerprint density at radius 3 is 3.05 bits per heavy atom. The van der Waals surface area contributed by atoms with Crippen LogP contribution in [0.1, 0.15) is 31.2 Å². The van der Waals surface area contributed by atoms with Gasteiger partial charge in [0.25, 0.3) is 0 Å². The van der Waals surface area contributed by atoms with Gasteiger partial charge in [-0.1, -0.05) is 6.07 Å². The number of hydrogen-bond acceptors (Lipinski definition) is 3. The molecule has 1 amide bonds. The Kier molecular flexibility index (Phi) is 4.80. The topological polar surface area (TPSA) is 50.4 Å². The van der Waals surface area contributed by atoms with Gasteiger partial charge in [-0.3, -0.25) is 4.79 Å². The van der Waals surface area contributed by atoms with E-state index in [4.69, 9.17) is 4.74 Å². The molecule has 1 unspecified atom stereocenters. The summed E-state index contributed by atoms with van der Waals surface area (Å²) in [5, 5.41) is 6.32. The van der Waals surface area contributed by atoms with Crippen molar-refractivity contribution >= 4 is 11.6 Å². The van der Waals surface area contributed by atoms with E-state index < -0.39 is 0 Å².